The highest BCUT2D eigenvalue weighted by atomic mass is 16.2. The number of amides is 3. The SMILES string of the molecule is CC(C)NC(=O)N1CCC[C@@H](c2cccc(C(=O)NCC3CCCCC3)c2)C1. The zero-order valence-electron chi connectivity index (χ0n) is 17.4. The van der Waals surface area contributed by atoms with Crippen LogP contribution in [-0.4, -0.2) is 42.5 Å². The quantitative estimate of drug-likeness (QED) is 0.794. The van der Waals surface area contributed by atoms with E-state index in [1.165, 1.54) is 32.1 Å². The van der Waals surface area contributed by atoms with Gasteiger partial charge in [0.25, 0.3) is 5.91 Å². The van der Waals surface area contributed by atoms with Crippen LogP contribution in [0.4, 0.5) is 4.79 Å². The first-order valence-corrected chi connectivity index (χ1v) is 11.0. The van der Waals surface area contributed by atoms with Crippen LogP contribution in [0.3, 0.4) is 0 Å². The molecule has 2 N–H and O–H groups in total. The van der Waals surface area contributed by atoms with Crippen molar-refractivity contribution in [3.05, 3.63) is 35.4 Å². The molecular weight excluding hydrogens is 350 g/mol. The molecule has 0 unspecified atom stereocenters. The van der Waals surface area contributed by atoms with Crippen LogP contribution in [0, 0.1) is 5.92 Å². The first kappa shape index (κ1) is 20.7. The summed E-state index contributed by atoms with van der Waals surface area (Å²) in [6.07, 6.45) is 8.43. The van der Waals surface area contributed by atoms with Gasteiger partial charge in [0.1, 0.15) is 0 Å². The third-order valence-corrected chi connectivity index (χ3v) is 6.02. The van der Waals surface area contributed by atoms with Crippen molar-refractivity contribution in [2.45, 2.75) is 70.8 Å². The minimum absolute atomic E-state index is 0.0149. The number of likely N-dealkylation sites (tertiary alicyclic amines) is 1. The third kappa shape index (κ3) is 5.73. The van der Waals surface area contributed by atoms with Gasteiger partial charge in [0.2, 0.25) is 0 Å². The Morgan fingerprint density at radius 1 is 1.11 bits per heavy atom. The summed E-state index contributed by atoms with van der Waals surface area (Å²) in [5.74, 6) is 0.947. The summed E-state index contributed by atoms with van der Waals surface area (Å²) in [5, 5.41) is 6.12. The van der Waals surface area contributed by atoms with Crippen LogP contribution in [-0.2, 0) is 0 Å². The molecule has 1 heterocycles. The van der Waals surface area contributed by atoms with E-state index in [9.17, 15) is 9.59 Å². The Bertz CT molecular complexity index is 668. The van der Waals surface area contributed by atoms with Gasteiger partial charge in [0, 0.05) is 37.2 Å². The molecule has 154 valence electrons. The molecule has 3 amide bonds. The van der Waals surface area contributed by atoms with E-state index in [2.05, 4.69) is 16.7 Å². The lowest BCUT2D eigenvalue weighted by atomic mass is 9.89. The van der Waals surface area contributed by atoms with Crippen molar-refractivity contribution >= 4 is 11.9 Å². The van der Waals surface area contributed by atoms with E-state index in [1.54, 1.807) is 0 Å². The van der Waals surface area contributed by atoms with Crippen molar-refractivity contribution in [2.24, 2.45) is 5.92 Å². The second-order valence-electron chi connectivity index (χ2n) is 8.73. The number of hydrogen-bond acceptors (Lipinski definition) is 2. The summed E-state index contributed by atoms with van der Waals surface area (Å²) in [6.45, 7) is 6.27. The van der Waals surface area contributed by atoms with E-state index in [-0.39, 0.29) is 23.9 Å². The van der Waals surface area contributed by atoms with Crippen molar-refractivity contribution in [1.29, 1.82) is 0 Å². The Kier molecular flexibility index (Phi) is 7.35. The molecular formula is C23H35N3O2. The summed E-state index contributed by atoms with van der Waals surface area (Å²) < 4.78 is 0. The highest BCUT2D eigenvalue weighted by Gasteiger charge is 2.25. The van der Waals surface area contributed by atoms with Gasteiger partial charge < -0.3 is 15.5 Å². The highest BCUT2D eigenvalue weighted by Crippen LogP contribution is 2.28. The number of nitrogens with zero attached hydrogens (tertiary/aromatic N) is 1. The average molecular weight is 386 g/mol. The molecule has 1 saturated carbocycles. The predicted octanol–water partition coefficient (Wildman–Crippen LogP) is 4.29. The van der Waals surface area contributed by atoms with Gasteiger partial charge in [0.15, 0.2) is 0 Å². The van der Waals surface area contributed by atoms with Crippen molar-refractivity contribution < 1.29 is 9.59 Å². The van der Waals surface area contributed by atoms with Crippen LogP contribution in [0.25, 0.3) is 0 Å². The molecule has 0 radical (unpaired) electrons. The van der Waals surface area contributed by atoms with Crippen LogP contribution in [0.15, 0.2) is 24.3 Å². The zero-order valence-corrected chi connectivity index (χ0v) is 17.4. The van der Waals surface area contributed by atoms with Crippen molar-refractivity contribution in [1.82, 2.24) is 15.5 Å². The molecule has 0 spiro atoms. The number of carbonyl (C=O) groups excluding carboxylic acids is 2. The Morgan fingerprint density at radius 2 is 1.89 bits per heavy atom. The maximum Gasteiger partial charge on any atom is 0.317 e. The third-order valence-electron chi connectivity index (χ3n) is 6.02. The molecule has 2 aliphatic rings. The predicted molar refractivity (Wildman–Crippen MR) is 113 cm³/mol. The van der Waals surface area contributed by atoms with E-state index in [0.717, 1.165) is 37.1 Å². The second-order valence-corrected chi connectivity index (χ2v) is 8.73. The lowest BCUT2D eigenvalue weighted by molar-refractivity contribution is 0.0943. The van der Waals surface area contributed by atoms with E-state index in [4.69, 9.17) is 0 Å². The van der Waals surface area contributed by atoms with Crippen molar-refractivity contribution in [2.75, 3.05) is 19.6 Å². The van der Waals surface area contributed by atoms with Gasteiger partial charge >= 0.3 is 6.03 Å². The summed E-state index contributed by atoms with van der Waals surface area (Å²) in [4.78, 5) is 26.9. The minimum Gasteiger partial charge on any atom is -0.352 e. The van der Waals surface area contributed by atoms with Crippen LogP contribution < -0.4 is 10.6 Å². The van der Waals surface area contributed by atoms with Crippen LogP contribution in [0.5, 0.6) is 0 Å². The molecule has 1 aromatic carbocycles. The van der Waals surface area contributed by atoms with Gasteiger partial charge in [-0.1, -0.05) is 31.4 Å². The largest absolute Gasteiger partial charge is 0.352 e. The van der Waals surface area contributed by atoms with Gasteiger partial charge in [-0.3, -0.25) is 4.79 Å². The van der Waals surface area contributed by atoms with E-state index >= 15 is 0 Å². The van der Waals surface area contributed by atoms with Gasteiger partial charge in [-0.05, 0) is 63.1 Å². The Morgan fingerprint density at radius 3 is 2.64 bits per heavy atom. The molecule has 5 nitrogen and oxygen atoms in total. The van der Waals surface area contributed by atoms with Crippen LogP contribution in [0.2, 0.25) is 0 Å². The Hall–Kier alpha value is -2.04. The fourth-order valence-corrected chi connectivity index (χ4v) is 4.44. The molecule has 1 saturated heterocycles. The smallest absolute Gasteiger partial charge is 0.317 e. The number of benzene rings is 1. The topological polar surface area (TPSA) is 61.4 Å². The fraction of sp³-hybridized carbons (Fsp3) is 0.652. The van der Waals surface area contributed by atoms with Gasteiger partial charge in [-0.25, -0.2) is 4.79 Å². The number of nitrogens with one attached hydrogen (secondary N) is 2. The molecule has 5 heteroatoms. The standard InChI is InChI=1S/C23H35N3O2/c1-17(2)25-23(28)26-13-7-12-21(16-26)19-10-6-11-20(14-19)22(27)24-15-18-8-4-3-5-9-18/h6,10-11,14,17-18,21H,3-5,7-9,12-13,15-16H2,1-2H3,(H,24,27)(H,25,28)/t21-/m1/s1. The summed E-state index contributed by atoms with van der Waals surface area (Å²) in [7, 11) is 0. The number of hydrogen-bond donors (Lipinski definition) is 2. The Labute approximate surface area is 169 Å². The number of urea groups is 1. The molecule has 0 aromatic heterocycles. The minimum atomic E-state index is 0.0149. The van der Waals surface area contributed by atoms with E-state index < -0.39 is 0 Å². The highest BCUT2D eigenvalue weighted by molar-refractivity contribution is 5.94. The molecule has 1 aliphatic heterocycles. The van der Waals surface area contributed by atoms with Crippen molar-refractivity contribution in [3.63, 3.8) is 0 Å². The average Bonchev–Trinajstić information content (AvgIpc) is 2.72. The molecule has 1 atom stereocenters. The van der Waals surface area contributed by atoms with Gasteiger partial charge in [0.05, 0.1) is 0 Å². The Balaban J connectivity index is 1.58. The van der Waals surface area contributed by atoms with E-state index in [0.29, 0.717) is 12.5 Å². The maximum absolute atomic E-state index is 12.6. The molecule has 1 aliphatic carbocycles. The summed E-state index contributed by atoms with van der Waals surface area (Å²) >= 11 is 0. The monoisotopic (exact) mass is 385 g/mol. The lowest BCUT2D eigenvalue weighted by Crippen LogP contribution is -2.47. The van der Waals surface area contributed by atoms with Gasteiger partial charge in [-0.15, -0.1) is 0 Å². The molecule has 0 bridgehead atoms. The number of piperidine rings is 1. The van der Waals surface area contributed by atoms with Crippen molar-refractivity contribution in [3.8, 4) is 0 Å². The van der Waals surface area contributed by atoms with Gasteiger partial charge in [-0.2, -0.15) is 0 Å². The normalized spacial score (nSPS) is 20.8. The number of rotatable bonds is 5. The molecule has 28 heavy (non-hydrogen) atoms. The van der Waals surface area contributed by atoms with E-state index in [1.807, 2.05) is 36.9 Å². The molecule has 1 aromatic rings. The maximum atomic E-state index is 12.6. The summed E-state index contributed by atoms with van der Waals surface area (Å²) in [5.41, 5.74) is 1.89. The summed E-state index contributed by atoms with van der Waals surface area (Å²) in [6, 6.07) is 8.13. The van der Waals surface area contributed by atoms with Crippen LogP contribution in [0.1, 0.15) is 80.6 Å². The van der Waals surface area contributed by atoms with Crippen LogP contribution >= 0.6 is 0 Å². The molecule has 3 rings (SSSR count). The lowest BCUT2D eigenvalue weighted by Gasteiger charge is -2.33. The molecule has 2 fully saturated rings. The second kappa shape index (κ2) is 9.94. The fourth-order valence-electron chi connectivity index (χ4n) is 4.44. The first-order valence-electron chi connectivity index (χ1n) is 11.0. The first-order chi connectivity index (χ1) is 13.5. The number of carbonyl (C=O) groups is 2. The zero-order chi connectivity index (χ0) is 19.9.